The number of thiazole rings is 1. The minimum absolute atomic E-state index is 0.0846. The molecule has 1 aliphatic heterocycles. The van der Waals surface area contributed by atoms with Crippen LogP contribution in [0.2, 0.25) is 0 Å². The van der Waals surface area contributed by atoms with Crippen LogP contribution in [-0.4, -0.2) is 58.5 Å². The molecule has 1 unspecified atom stereocenters. The normalized spacial score (nSPS) is 17.0. The van der Waals surface area contributed by atoms with E-state index >= 15 is 0 Å². The van der Waals surface area contributed by atoms with Gasteiger partial charge in [0.15, 0.2) is 0 Å². The van der Waals surface area contributed by atoms with Crippen LogP contribution in [0.3, 0.4) is 0 Å². The lowest BCUT2D eigenvalue weighted by molar-refractivity contribution is 0.0530. The van der Waals surface area contributed by atoms with Crippen molar-refractivity contribution in [3.63, 3.8) is 0 Å². The fraction of sp³-hybridized carbons (Fsp3) is 0.444. The summed E-state index contributed by atoms with van der Waals surface area (Å²) in [7, 11) is 0. The molecule has 24 heavy (non-hydrogen) atoms. The largest absolute Gasteiger partial charge is 0.387 e. The second-order valence-electron chi connectivity index (χ2n) is 6.17. The van der Waals surface area contributed by atoms with Crippen molar-refractivity contribution in [2.75, 3.05) is 32.7 Å². The fourth-order valence-corrected chi connectivity index (χ4v) is 3.92. The molecule has 1 amide bonds. The number of carbonyl (C=O) groups is 1. The number of aliphatic hydroxyl groups is 1. The first kappa shape index (κ1) is 17.1. The van der Waals surface area contributed by atoms with Gasteiger partial charge in [0.05, 0.1) is 16.8 Å². The van der Waals surface area contributed by atoms with Gasteiger partial charge in [-0.15, -0.1) is 11.3 Å². The van der Waals surface area contributed by atoms with E-state index in [1.165, 1.54) is 11.3 Å². The van der Waals surface area contributed by atoms with Gasteiger partial charge in [-0.25, -0.2) is 4.98 Å². The molecular weight excluding hydrogens is 322 g/mol. The highest BCUT2D eigenvalue weighted by Crippen LogP contribution is 2.21. The van der Waals surface area contributed by atoms with Crippen molar-refractivity contribution in [3.05, 3.63) is 51.5 Å². The number of piperazine rings is 1. The first-order valence-corrected chi connectivity index (χ1v) is 9.05. The number of aromatic nitrogens is 1. The maximum Gasteiger partial charge on any atom is 0.265 e. The lowest BCUT2D eigenvalue weighted by atomic mass is 10.1. The summed E-state index contributed by atoms with van der Waals surface area (Å²) < 4.78 is 0. The molecular formula is C18H23N3O2S. The molecule has 1 atom stereocenters. The number of amides is 1. The number of hydrogen-bond acceptors (Lipinski definition) is 5. The SMILES string of the molecule is Cc1nc(C)c(C(=O)N2CCN(CC(O)c3ccccc3)CC2)s1. The highest BCUT2D eigenvalue weighted by Gasteiger charge is 2.26. The van der Waals surface area contributed by atoms with Crippen molar-refractivity contribution in [1.82, 2.24) is 14.8 Å². The van der Waals surface area contributed by atoms with Crippen molar-refractivity contribution < 1.29 is 9.90 Å². The monoisotopic (exact) mass is 345 g/mol. The van der Waals surface area contributed by atoms with E-state index in [-0.39, 0.29) is 5.91 Å². The molecule has 3 rings (SSSR count). The van der Waals surface area contributed by atoms with Crippen LogP contribution >= 0.6 is 11.3 Å². The predicted octanol–water partition coefficient (Wildman–Crippen LogP) is 2.25. The van der Waals surface area contributed by atoms with Crippen LogP contribution in [0.5, 0.6) is 0 Å². The predicted molar refractivity (Wildman–Crippen MR) is 95.3 cm³/mol. The van der Waals surface area contributed by atoms with Crippen molar-refractivity contribution in [1.29, 1.82) is 0 Å². The van der Waals surface area contributed by atoms with Crippen LogP contribution in [0.25, 0.3) is 0 Å². The van der Waals surface area contributed by atoms with Gasteiger partial charge in [-0.1, -0.05) is 30.3 Å². The Labute approximate surface area is 146 Å². The van der Waals surface area contributed by atoms with Crippen molar-refractivity contribution in [2.45, 2.75) is 20.0 Å². The molecule has 2 aromatic rings. The zero-order chi connectivity index (χ0) is 17.1. The molecule has 0 radical (unpaired) electrons. The quantitative estimate of drug-likeness (QED) is 0.923. The highest BCUT2D eigenvalue weighted by molar-refractivity contribution is 7.13. The van der Waals surface area contributed by atoms with Crippen LogP contribution in [0.1, 0.15) is 32.0 Å². The molecule has 1 fully saturated rings. The molecule has 6 heteroatoms. The number of nitrogens with zero attached hydrogens (tertiary/aromatic N) is 3. The van der Waals surface area contributed by atoms with Crippen LogP contribution in [0, 0.1) is 13.8 Å². The molecule has 1 aromatic heterocycles. The lowest BCUT2D eigenvalue weighted by Crippen LogP contribution is -2.49. The second kappa shape index (κ2) is 7.42. The summed E-state index contributed by atoms with van der Waals surface area (Å²) in [4.78, 5) is 21.8. The number of carbonyl (C=O) groups excluding carboxylic acids is 1. The summed E-state index contributed by atoms with van der Waals surface area (Å²) >= 11 is 1.47. The average Bonchev–Trinajstić information content (AvgIpc) is 2.94. The number of β-amino-alcohol motifs (C(OH)–C–C–N with tert-alkyl or cyclic N) is 1. The summed E-state index contributed by atoms with van der Waals surface area (Å²) in [5.74, 6) is 0.0846. The summed E-state index contributed by atoms with van der Waals surface area (Å²) in [6.45, 7) is 7.37. The van der Waals surface area contributed by atoms with E-state index < -0.39 is 6.10 Å². The van der Waals surface area contributed by atoms with Crippen LogP contribution in [0.15, 0.2) is 30.3 Å². The summed E-state index contributed by atoms with van der Waals surface area (Å²) in [5, 5.41) is 11.3. The molecule has 1 aliphatic rings. The minimum atomic E-state index is -0.486. The summed E-state index contributed by atoms with van der Waals surface area (Å²) in [6, 6.07) is 9.71. The molecule has 1 N–H and O–H groups in total. The molecule has 5 nitrogen and oxygen atoms in total. The van der Waals surface area contributed by atoms with E-state index in [0.29, 0.717) is 19.6 Å². The minimum Gasteiger partial charge on any atom is -0.387 e. The number of hydrogen-bond donors (Lipinski definition) is 1. The number of aryl methyl sites for hydroxylation is 2. The molecule has 0 spiro atoms. The lowest BCUT2D eigenvalue weighted by Gasteiger charge is -2.35. The van der Waals surface area contributed by atoms with Gasteiger partial charge in [0.2, 0.25) is 0 Å². The van der Waals surface area contributed by atoms with E-state index in [1.807, 2.05) is 49.1 Å². The maximum absolute atomic E-state index is 12.6. The van der Waals surface area contributed by atoms with Gasteiger partial charge in [0, 0.05) is 32.7 Å². The molecule has 2 heterocycles. The first-order valence-electron chi connectivity index (χ1n) is 8.23. The van der Waals surface area contributed by atoms with Crippen LogP contribution < -0.4 is 0 Å². The van der Waals surface area contributed by atoms with E-state index in [1.54, 1.807) is 0 Å². The second-order valence-corrected chi connectivity index (χ2v) is 7.37. The Hall–Kier alpha value is -1.76. The molecule has 0 saturated carbocycles. The van der Waals surface area contributed by atoms with Crippen LogP contribution in [0.4, 0.5) is 0 Å². The van der Waals surface area contributed by atoms with E-state index in [0.717, 1.165) is 34.2 Å². The number of aliphatic hydroxyl groups excluding tert-OH is 1. The number of benzene rings is 1. The van der Waals surface area contributed by atoms with Gasteiger partial charge in [0.1, 0.15) is 4.88 Å². The molecule has 0 bridgehead atoms. The summed E-state index contributed by atoms with van der Waals surface area (Å²) in [5.41, 5.74) is 1.76. The van der Waals surface area contributed by atoms with Gasteiger partial charge in [-0.05, 0) is 19.4 Å². The molecule has 128 valence electrons. The topological polar surface area (TPSA) is 56.7 Å². The zero-order valence-electron chi connectivity index (χ0n) is 14.1. The third-order valence-corrected chi connectivity index (χ3v) is 5.43. The van der Waals surface area contributed by atoms with Gasteiger partial charge < -0.3 is 10.0 Å². The standard InChI is InChI=1S/C18H23N3O2S/c1-13-17(24-14(2)19-13)18(23)21-10-8-20(9-11-21)12-16(22)15-6-4-3-5-7-15/h3-7,16,22H,8-12H2,1-2H3. The Bertz CT molecular complexity index is 694. The van der Waals surface area contributed by atoms with E-state index in [2.05, 4.69) is 9.88 Å². The number of rotatable bonds is 4. The first-order chi connectivity index (χ1) is 11.5. The Morgan fingerprint density at radius 1 is 1.21 bits per heavy atom. The van der Waals surface area contributed by atoms with E-state index in [4.69, 9.17) is 0 Å². The molecule has 1 saturated heterocycles. The molecule has 1 aromatic carbocycles. The van der Waals surface area contributed by atoms with Gasteiger partial charge >= 0.3 is 0 Å². The summed E-state index contributed by atoms with van der Waals surface area (Å²) in [6.07, 6.45) is -0.486. The smallest absolute Gasteiger partial charge is 0.265 e. The third kappa shape index (κ3) is 3.83. The highest BCUT2D eigenvalue weighted by atomic mass is 32.1. The van der Waals surface area contributed by atoms with E-state index in [9.17, 15) is 9.90 Å². The van der Waals surface area contributed by atoms with Crippen molar-refractivity contribution in [2.24, 2.45) is 0 Å². The molecule has 0 aliphatic carbocycles. The third-order valence-electron chi connectivity index (χ3n) is 4.37. The van der Waals surface area contributed by atoms with Crippen LogP contribution in [-0.2, 0) is 0 Å². The van der Waals surface area contributed by atoms with Gasteiger partial charge in [-0.3, -0.25) is 9.69 Å². The Morgan fingerprint density at radius 2 is 1.88 bits per heavy atom. The zero-order valence-corrected chi connectivity index (χ0v) is 14.9. The van der Waals surface area contributed by atoms with Gasteiger partial charge in [-0.2, -0.15) is 0 Å². The Morgan fingerprint density at radius 3 is 2.46 bits per heavy atom. The van der Waals surface area contributed by atoms with Gasteiger partial charge in [0.25, 0.3) is 5.91 Å². The van der Waals surface area contributed by atoms with Crippen molar-refractivity contribution in [3.8, 4) is 0 Å². The van der Waals surface area contributed by atoms with Crippen molar-refractivity contribution >= 4 is 17.2 Å². The maximum atomic E-state index is 12.6. The average molecular weight is 345 g/mol. The Kier molecular flexibility index (Phi) is 5.28. The fourth-order valence-electron chi connectivity index (χ4n) is 3.03. The Balaban J connectivity index is 1.54.